The molecule has 5 rings (SSSR count). The first-order valence-corrected chi connectivity index (χ1v) is 13.6. The van der Waals surface area contributed by atoms with Crippen molar-refractivity contribution >= 4 is 5.97 Å². The third-order valence-electron chi connectivity index (χ3n) is 6.94. The lowest BCUT2D eigenvalue weighted by molar-refractivity contribution is -0.136. The summed E-state index contributed by atoms with van der Waals surface area (Å²) >= 11 is 0. The average molecular weight is 561 g/mol. The Labute approximate surface area is 245 Å². The fourth-order valence-corrected chi connectivity index (χ4v) is 4.72. The largest absolute Gasteiger partial charge is 0.489 e. The molecule has 7 nitrogen and oxygen atoms in total. The molecule has 7 heteroatoms. The molecule has 4 aromatic carbocycles. The number of nitriles is 1. The van der Waals surface area contributed by atoms with Gasteiger partial charge in [-0.1, -0.05) is 81.4 Å². The van der Waals surface area contributed by atoms with Gasteiger partial charge in [0.25, 0.3) is 0 Å². The van der Waals surface area contributed by atoms with Crippen molar-refractivity contribution in [2.75, 3.05) is 6.61 Å². The molecule has 1 heterocycles. The van der Waals surface area contributed by atoms with Gasteiger partial charge in [0.1, 0.15) is 41.2 Å². The van der Waals surface area contributed by atoms with Crippen LogP contribution in [0.3, 0.4) is 0 Å². The molecule has 0 fully saturated rings. The van der Waals surface area contributed by atoms with Gasteiger partial charge in [0.2, 0.25) is 5.88 Å². The fourth-order valence-electron chi connectivity index (χ4n) is 4.72. The van der Waals surface area contributed by atoms with Gasteiger partial charge in [-0.2, -0.15) is 5.26 Å². The van der Waals surface area contributed by atoms with E-state index in [9.17, 15) is 10.1 Å². The van der Waals surface area contributed by atoms with E-state index < -0.39 is 11.9 Å². The number of carbonyl (C=O) groups excluding carboxylic acids is 1. The SMILES string of the molecule is CC(C)(C)c1ccc(OCC(=O)Oc2ccc3c(c2)OC(N)=C(C#N)C3c2cccc(OCc3ccccc3)c2)cc1. The van der Waals surface area contributed by atoms with Crippen molar-refractivity contribution in [2.24, 2.45) is 5.73 Å². The molecule has 2 N–H and O–H groups in total. The molecule has 1 aliphatic rings. The molecule has 0 amide bonds. The van der Waals surface area contributed by atoms with Crippen molar-refractivity contribution in [2.45, 2.75) is 38.7 Å². The van der Waals surface area contributed by atoms with Crippen molar-refractivity contribution in [3.8, 4) is 29.1 Å². The van der Waals surface area contributed by atoms with Crippen molar-refractivity contribution in [3.05, 3.63) is 131 Å². The highest BCUT2D eigenvalue weighted by atomic mass is 16.6. The summed E-state index contributed by atoms with van der Waals surface area (Å²) in [4.78, 5) is 12.6. The second-order valence-corrected chi connectivity index (χ2v) is 11.0. The first-order valence-electron chi connectivity index (χ1n) is 13.6. The smallest absolute Gasteiger partial charge is 0.349 e. The van der Waals surface area contributed by atoms with Crippen LogP contribution >= 0.6 is 0 Å². The Bertz CT molecular complexity index is 1650. The summed E-state index contributed by atoms with van der Waals surface area (Å²) in [7, 11) is 0. The number of nitrogens with two attached hydrogens (primary N) is 1. The van der Waals surface area contributed by atoms with Gasteiger partial charge in [-0.3, -0.25) is 0 Å². The summed E-state index contributed by atoms with van der Waals surface area (Å²) in [5.74, 6) is 0.867. The summed E-state index contributed by atoms with van der Waals surface area (Å²) in [6.45, 7) is 6.56. The normalized spacial score (nSPS) is 14.3. The highest BCUT2D eigenvalue weighted by Crippen LogP contribution is 2.44. The van der Waals surface area contributed by atoms with E-state index in [1.54, 1.807) is 18.2 Å². The highest BCUT2D eigenvalue weighted by Gasteiger charge is 2.31. The molecule has 0 bridgehead atoms. The minimum absolute atomic E-state index is 0.00359. The number of allylic oxidation sites excluding steroid dienone is 1. The zero-order valence-electron chi connectivity index (χ0n) is 23.8. The molecule has 0 saturated heterocycles. The monoisotopic (exact) mass is 560 g/mol. The lowest BCUT2D eigenvalue weighted by Crippen LogP contribution is -2.21. The second-order valence-electron chi connectivity index (χ2n) is 11.0. The first-order chi connectivity index (χ1) is 20.2. The van der Waals surface area contributed by atoms with Crippen LogP contribution in [0.1, 0.15) is 48.9 Å². The third kappa shape index (κ3) is 6.56. The van der Waals surface area contributed by atoms with Gasteiger partial charge in [0.05, 0.1) is 5.92 Å². The number of benzene rings is 4. The van der Waals surface area contributed by atoms with Crippen LogP contribution in [0.4, 0.5) is 0 Å². The molecule has 0 saturated carbocycles. The maximum Gasteiger partial charge on any atom is 0.349 e. The lowest BCUT2D eigenvalue weighted by atomic mass is 9.83. The van der Waals surface area contributed by atoms with Crippen molar-refractivity contribution in [3.63, 3.8) is 0 Å². The molecule has 212 valence electrons. The van der Waals surface area contributed by atoms with E-state index in [4.69, 9.17) is 24.7 Å². The maximum absolute atomic E-state index is 12.6. The van der Waals surface area contributed by atoms with Crippen LogP contribution in [0.2, 0.25) is 0 Å². The Kier molecular flexibility index (Phi) is 8.16. The number of rotatable bonds is 8. The summed E-state index contributed by atoms with van der Waals surface area (Å²) in [5.41, 5.74) is 10.3. The number of esters is 1. The summed E-state index contributed by atoms with van der Waals surface area (Å²) in [5, 5.41) is 9.94. The number of ether oxygens (including phenoxy) is 4. The quantitative estimate of drug-likeness (QED) is 0.187. The predicted molar refractivity (Wildman–Crippen MR) is 159 cm³/mol. The van der Waals surface area contributed by atoms with Crippen molar-refractivity contribution in [1.82, 2.24) is 0 Å². The Morgan fingerprint density at radius 3 is 2.33 bits per heavy atom. The number of hydrogen-bond donors (Lipinski definition) is 1. The van der Waals surface area contributed by atoms with Crippen LogP contribution in [0, 0.1) is 11.3 Å². The Morgan fingerprint density at radius 2 is 1.62 bits per heavy atom. The summed E-state index contributed by atoms with van der Waals surface area (Å²) in [6, 6.07) is 32.3. The van der Waals surface area contributed by atoms with Crippen LogP contribution in [-0.2, 0) is 16.8 Å². The first kappa shape index (κ1) is 28.3. The van der Waals surface area contributed by atoms with Gasteiger partial charge in [-0.05, 0) is 52.4 Å². The van der Waals surface area contributed by atoms with Crippen LogP contribution < -0.4 is 24.7 Å². The Balaban J connectivity index is 1.30. The summed E-state index contributed by atoms with van der Waals surface area (Å²) < 4.78 is 22.9. The van der Waals surface area contributed by atoms with Gasteiger partial charge in [-0.25, -0.2) is 4.79 Å². The molecule has 0 radical (unpaired) electrons. The Hall–Kier alpha value is -5.22. The molecule has 1 unspecified atom stereocenters. The van der Waals surface area contributed by atoms with E-state index in [0.29, 0.717) is 29.4 Å². The van der Waals surface area contributed by atoms with E-state index in [1.165, 1.54) is 5.56 Å². The standard InChI is InChI=1S/C35H32N2O5/c1-35(2,3)25-12-14-26(15-13-25)40-22-32(38)41-28-16-17-29-31(19-28)42-34(37)30(20-36)33(29)24-10-7-11-27(18-24)39-21-23-8-5-4-6-9-23/h4-19,33H,21-22,37H2,1-3H3. The van der Waals surface area contributed by atoms with Gasteiger partial charge in [-0.15, -0.1) is 0 Å². The van der Waals surface area contributed by atoms with Crippen molar-refractivity contribution in [1.29, 1.82) is 5.26 Å². The number of nitrogens with zero attached hydrogens (tertiary/aromatic N) is 1. The Morgan fingerprint density at radius 1 is 0.881 bits per heavy atom. The molecule has 0 spiro atoms. The van der Waals surface area contributed by atoms with Gasteiger partial charge < -0.3 is 24.7 Å². The average Bonchev–Trinajstić information content (AvgIpc) is 2.98. The topological polar surface area (TPSA) is 104 Å². The molecular formula is C35H32N2O5. The molecular weight excluding hydrogens is 528 g/mol. The fraction of sp³-hybridized carbons (Fsp3) is 0.200. The molecule has 1 atom stereocenters. The van der Waals surface area contributed by atoms with Crippen molar-refractivity contribution < 1.29 is 23.7 Å². The summed E-state index contributed by atoms with van der Waals surface area (Å²) in [6.07, 6.45) is 0. The molecule has 0 aromatic heterocycles. The van der Waals surface area contributed by atoms with E-state index >= 15 is 0 Å². The highest BCUT2D eigenvalue weighted by molar-refractivity contribution is 5.74. The van der Waals surface area contributed by atoms with Crippen LogP contribution in [-0.4, -0.2) is 12.6 Å². The zero-order chi connectivity index (χ0) is 29.7. The maximum atomic E-state index is 12.6. The number of fused-ring (bicyclic) bond motifs is 1. The molecule has 0 aliphatic carbocycles. The third-order valence-corrected chi connectivity index (χ3v) is 6.94. The second kappa shape index (κ2) is 12.1. The molecule has 42 heavy (non-hydrogen) atoms. The van der Waals surface area contributed by atoms with Gasteiger partial charge >= 0.3 is 5.97 Å². The number of carbonyl (C=O) groups is 1. The van der Waals surface area contributed by atoms with Gasteiger partial charge in [0, 0.05) is 11.6 Å². The molecule has 1 aliphatic heterocycles. The van der Waals surface area contributed by atoms with Crippen LogP contribution in [0.5, 0.6) is 23.0 Å². The van der Waals surface area contributed by atoms with Gasteiger partial charge in [0.15, 0.2) is 6.61 Å². The van der Waals surface area contributed by atoms with E-state index in [0.717, 1.165) is 16.7 Å². The van der Waals surface area contributed by atoms with E-state index in [1.807, 2.05) is 78.9 Å². The zero-order valence-corrected chi connectivity index (χ0v) is 23.8. The van der Waals surface area contributed by atoms with E-state index in [-0.39, 0.29) is 23.7 Å². The van der Waals surface area contributed by atoms with Crippen LogP contribution in [0.15, 0.2) is 109 Å². The lowest BCUT2D eigenvalue weighted by Gasteiger charge is -2.27. The minimum Gasteiger partial charge on any atom is -0.489 e. The molecule has 4 aromatic rings. The van der Waals surface area contributed by atoms with E-state index in [2.05, 4.69) is 26.8 Å². The predicted octanol–water partition coefficient (Wildman–Crippen LogP) is 6.77. The minimum atomic E-state index is -0.563. The number of hydrogen-bond acceptors (Lipinski definition) is 7. The van der Waals surface area contributed by atoms with Crippen LogP contribution in [0.25, 0.3) is 0 Å².